The predicted molar refractivity (Wildman–Crippen MR) is 96.1 cm³/mol. The molecule has 1 aromatic carbocycles. The number of allylic oxidation sites excluding steroid dienone is 1. The zero-order valence-corrected chi connectivity index (χ0v) is 14.6. The van der Waals surface area contributed by atoms with Gasteiger partial charge in [-0.15, -0.1) is 0 Å². The molecule has 0 aliphatic carbocycles. The zero-order valence-electron chi connectivity index (χ0n) is 14.6. The second-order valence-electron chi connectivity index (χ2n) is 6.68. The number of benzene rings is 1. The number of hydrogen-bond donors (Lipinski definition) is 0. The zero-order chi connectivity index (χ0) is 16.4. The summed E-state index contributed by atoms with van der Waals surface area (Å²) in [5, 5.41) is 4.30. The predicted octanol–water partition coefficient (Wildman–Crippen LogP) is 4.79. The topological polar surface area (TPSA) is 23.6 Å². The van der Waals surface area contributed by atoms with Crippen LogP contribution >= 0.6 is 0 Å². The molecule has 2 aliphatic rings. The van der Waals surface area contributed by atoms with E-state index in [9.17, 15) is 4.79 Å². The smallest absolute Gasteiger partial charge is 0.243 e. The third-order valence-corrected chi connectivity index (χ3v) is 5.43. The molecule has 1 saturated heterocycles. The van der Waals surface area contributed by atoms with E-state index in [0.29, 0.717) is 6.42 Å². The Labute approximate surface area is 139 Å². The number of fused-ring (bicyclic) bond motifs is 3. The lowest BCUT2D eigenvalue weighted by atomic mass is 9.86. The minimum absolute atomic E-state index is 0.185. The Bertz CT molecular complexity index is 616. The Morgan fingerprint density at radius 1 is 1.13 bits per heavy atom. The van der Waals surface area contributed by atoms with E-state index in [2.05, 4.69) is 61.1 Å². The number of anilines is 1. The molecule has 1 aromatic rings. The summed E-state index contributed by atoms with van der Waals surface area (Å²) in [5.41, 5.74) is 3.73. The first kappa shape index (κ1) is 16.1. The summed E-state index contributed by atoms with van der Waals surface area (Å²) in [6, 6.07) is 8.59. The molecule has 3 heteroatoms. The van der Waals surface area contributed by atoms with Gasteiger partial charge in [-0.05, 0) is 37.3 Å². The molecule has 2 aliphatic heterocycles. The fourth-order valence-electron chi connectivity index (χ4n) is 4.02. The molecule has 0 spiro atoms. The number of hydrogen-bond acceptors (Lipinski definition) is 2. The van der Waals surface area contributed by atoms with Gasteiger partial charge in [-0.1, -0.05) is 51.5 Å². The summed E-state index contributed by atoms with van der Waals surface area (Å²) in [6.45, 7) is 7.45. The van der Waals surface area contributed by atoms with Crippen LogP contribution in [0.5, 0.6) is 0 Å². The van der Waals surface area contributed by atoms with Gasteiger partial charge in [0.25, 0.3) is 0 Å². The molecular formula is C20H28N2O. The fourth-order valence-corrected chi connectivity index (χ4v) is 4.02. The van der Waals surface area contributed by atoms with Crippen LogP contribution in [0.25, 0.3) is 5.57 Å². The van der Waals surface area contributed by atoms with E-state index in [1.54, 1.807) is 0 Å². The summed E-state index contributed by atoms with van der Waals surface area (Å²) in [6.07, 6.45) is 8.41. The van der Waals surface area contributed by atoms with E-state index in [1.807, 2.05) is 0 Å². The second kappa shape index (κ2) is 6.38. The molecule has 0 N–H and O–H groups in total. The van der Waals surface area contributed by atoms with Crippen LogP contribution in [0.15, 0.2) is 30.3 Å². The van der Waals surface area contributed by atoms with Crippen LogP contribution in [-0.4, -0.2) is 23.0 Å². The lowest BCUT2D eigenvalue weighted by Gasteiger charge is -2.43. The summed E-state index contributed by atoms with van der Waals surface area (Å²) in [5.74, 6) is 0.261. The van der Waals surface area contributed by atoms with Gasteiger partial charge in [0.15, 0.2) is 0 Å². The summed E-state index contributed by atoms with van der Waals surface area (Å²) in [4.78, 5) is 12.7. The van der Waals surface area contributed by atoms with Gasteiger partial charge < -0.3 is 0 Å². The molecule has 1 amide bonds. The molecule has 2 heterocycles. The highest BCUT2D eigenvalue weighted by atomic mass is 16.2. The molecule has 0 radical (unpaired) electrons. The van der Waals surface area contributed by atoms with Crippen LogP contribution in [-0.2, 0) is 4.79 Å². The first-order valence-corrected chi connectivity index (χ1v) is 9.08. The number of nitrogens with zero attached hydrogens (tertiary/aromatic N) is 2. The summed E-state index contributed by atoms with van der Waals surface area (Å²) >= 11 is 0. The normalized spacial score (nSPS) is 19.3. The molecule has 0 aromatic heterocycles. The van der Waals surface area contributed by atoms with Crippen molar-refractivity contribution in [3.63, 3.8) is 0 Å². The van der Waals surface area contributed by atoms with Gasteiger partial charge in [-0.3, -0.25) is 9.80 Å². The summed E-state index contributed by atoms with van der Waals surface area (Å²) < 4.78 is 0. The van der Waals surface area contributed by atoms with Gasteiger partial charge >= 0.3 is 0 Å². The third-order valence-electron chi connectivity index (χ3n) is 5.43. The van der Waals surface area contributed by atoms with Crippen LogP contribution in [0, 0.1) is 0 Å². The number of amides is 1. The van der Waals surface area contributed by atoms with Gasteiger partial charge in [0.1, 0.15) is 0 Å². The van der Waals surface area contributed by atoms with Crippen LogP contribution in [0.3, 0.4) is 0 Å². The first-order valence-electron chi connectivity index (χ1n) is 9.08. The fraction of sp³-hybridized carbons (Fsp3) is 0.550. The van der Waals surface area contributed by atoms with Crippen molar-refractivity contribution < 1.29 is 4.79 Å². The average Bonchev–Trinajstić information content (AvgIpc) is 2.92. The lowest BCUT2D eigenvalue weighted by Crippen LogP contribution is -2.54. The van der Waals surface area contributed by atoms with Crippen molar-refractivity contribution in [2.45, 2.75) is 64.8 Å². The van der Waals surface area contributed by atoms with E-state index < -0.39 is 0 Å². The third kappa shape index (κ3) is 2.56. The maximum absolute atomic E-state index is 12.7. The van der Waals surface area contributed by atoms with E-state index in [4.69, 9.17) is 0 Å². The monoisotopic (exact) mass is 312 g/mol. The molecule has 0 unspecified atom stereocenters. The molecule has 0 saturated carbocycles. The van der Waals surface area contributed by atoms with Crippen molar-refractivity contribution in [3.05, 3.63) is 35.9 Å². The first-order chi connectivity index (χ1) is 11.2. The van der Waals surface area contributed by atoms with Crippen molar-refractivity contribution in [2.24, 2.45) is 0 Å². The molecule has 3 nitrogen and oxygen atoms in total. The van der Waals surface area contributed by atoms with E-state index >= 15 is 0 Å². The maximum atomic E-state index is 12.7. The number of para-hydroxylation sites is 1. The van der Waals surface area contributed by atoms with Gasteiger partial charge in [-0.2, -0.15) is 0 Å². The SMILES string of the molecule is CCCCC1=CC(CC)(CC)N2C(=O)CCN2c2ccccc21. The van der Waals surface area contributed by atoms with E-state index in [-0.39, 0.29) is 11.4 Å². The average molecular weight is 312 g/mol. The Balaban J connectivity index is 2.18. The van der Waals surface area contributed by atoms with E-state index in [0.717, 1.165) is 25.8 Å². The van der Waals surface area contributed by atoms with Crippen molar-refractivity contribution in [1.29, 1.82) is 0 Å². The van der Waals surface area contributed by atoms with Crippen LogP contribution < -0.4 is 5.01 Å². The van der Waals surface area contributed by atoms with Gasteiger partial charge in [-0.25, -0.2) is 5.01 Å². The lowest BCUT2D eigenvalue weighted by molar-refractivity contribution is -0.132. The van der Waals surface area contributed by atoms with Gasteiger partial charge in [0.05, 0.1) is 11.2 Å². The van der Waals surface area contributed by atoms with Crippen LogP contribution in [0.2, 0.25) is 0 Å². The summed E-state index contributed by atoms with van der Waals surface area (Å²) in [7, 11) is 0. The highest BCUT2D eigenvalue weighted by Crippen LogP contribution is 2.43. The largest absolute Gasteiger partial charge is 0.281 e. The number of rotatable bonds is 5. The van der Waals surface area contributed by atoms with Crippen molar-refractivity contribution in [2.75, 3.05) is 11.6 Å². The molecule has 23 heavy (non-hydrogen) atoms. The molecule has 1 fully saturated rings. The Hall–Kier alpha value is -1.77. The number of unbranched alkanes of at least 4 members (excludes halogenated alkanes) is 1. The minimum Gasteiger partial charge on any atom is -0.281 e. The molecular weight excluding hydrogens is 284 g/mol. The maximum Gasteiger partial charge on any atom is 0.243 e. The van der Waals surface area contributed by atoms with Gasteiger partial charge in [0.2, 0.25) is 5.91 Å². The van der Waals surface area contributed by atoms with Crippen LogP contribution in [0.4, 0.5) is 5.69 Å². The van der Waals surface area contributed by atoms with Crippen LogP contribution in [0.1, 0.15) is 64.9 Å². The highest BCUT2D eigenvalue weighted by Gasteiger charge is 2.45. The second-order valence-corrected chi connectivity index (χ2v) is 6.68. The highest BCUT2D eigenvalue weighted by molar-refractivity contribution is 5.88. The molecule has 3 rings (SSSR count). The number of hydrazine groups is 1. The standard InChI is InChI=1S/C20H28N2O/c1-4-7-10-16-15-20(5-2,6-3)22-19(23)13-14-21(22)18-12-9-8-11-17(16)18/h8-9,11-12,15H,4-7,10,13-14H2,1-3H3. The van der Waals surface area contributed by atoms with Crippen molar-refractivity contribution >= 4 is 17.2 Å². The quantitative estimate of drug-likeness (QED) is 0.780. The molecule has 124 valence electrons. The number of carbonyl (C=O) groups is 1. The van der Waals surface area contributed by atoms with E-state index in [1.165, 1.54) is 29.7 Å². The van der Waals surface area contributed by atoms with Crippen molar-refractivity contribution in [3.8, 4) is 0 Å². The molecule has 0 atom stereocenters. The van der Waals surface area contributed by atoms with Crippen molar-refractivity contribution in [1.82, 2.24) is 5.01 Å². The Morgan fingerprint density at radius 3 is 2.57 bits per heavy atom. The minimum atomic E-state index is -0.185. The number of carbonyl (C=O) groups excluding carboxylic acids is 1. The van der Waals surface area contributed by atoms with Gasteiger partial charge in [0, 0.05) is 18.5 Å². The molecule has 0 bridgehead atoms. The Kier molecular flexibility index (Phi) is 4.47. The Morgan fingerprint density at radius 2 is 1.87 bits per heavy atom.